The summed E-state index contributed by atoms with van der Waals surface area (Å²) in [5, 5.41) is 1.50. The van der Waals surface area contributed by atoms with E-state index in [-0.39, 0.29) is 0 Å². The van der Waals surface area contributed by atoms with Gasteiger partial charge in [0.1, 0.15) is 26.8 Å². The molecule has 0 N–H and O–H groups in total. The smallest absolute Gasteiger partial charge is 0.0620 e. The van der Waals surface area contributed by atoms with Crippen LogP contribution < -0.4 is 5.30 Å². The second-order valence-electron chi connectivity index (χ2n) is 3.04. The summed E-state index contributed by atoms with van der Waals surface area (Å²) < 4.78 is 0. The van der Waals surface area contributed by atoms with Crippen LogP contribution in [-0.4, -0.2) is 12.3 Å². The average Bonchev–Trinajstić information content (AvgIpc) is 2.55. The second kappa shape index (κ2) is 3.32. The molecule has 12 heavy (non-hydrogen) atoms. The topological polar surface area (TPSA) is 0 Å². The third-order valence-corrected chi connectivity index (χ3v) is 7.94. The zero-order chi connectivity index (χ0) is 8.44. The summed E-state index contributed by atoms with van der Waals surface area (Å²) in [4.78, 5) is 0. The van der Waals surface area contributed by atoms with Crippen molar-refractivity contribution in [2.75, 3.05) is 12.3 Å². The first-order valence-corrected chi connectivity index (χ1v) is 8.26. The minimum Gasteiger partial charge on any atom is -0.0620 e. The summed E-state index contributed by atoms with van der Waals surface area (Å²) in [5.74, 6) is -0.971. The fraction of sp³-hybridized carbons (Fsp3) is 0.200. The molecule has 2 rings (SSSR count). The third kappa shape index (κ3) is 1.48. The van der Waals surface area contributed by atoms with Crippen LogP contribution in [-0.2, 0) is 0 Å². The highest BCUT2D eigenvalue weighted by molar-refractivity contribution is 9.43. The summed E-state index contributed by atoms with van der Waals surface area (Å²) in [6.45, 7) is 0. The van der Waals surface area contributed by atoms with Crippen molar-refractivity contribution in [3.63, 3.8) is 0 Å². The van der Waals surface area contributed by atoms with E-state index in [0.717, 1.165) is 0 Å². The molecule has 0 atom stereocenters. The van der Waals surface area contributed by atoms with E-state index < -0.39 is 5.96 Å². The number of allylic oxidation sites excluding steroid dienone is 2. The molecule has 2 heteroatoms. The lowest BCUT2D eigenvalue weighted by molar-refractivity contribution is 1.74. The van der Waals surface area contributed by atoms with E-state index in [1.54, 1.807) is 0 Å². The molecule has 0 nitrogen and oxygen atoms in total. The maximum atomic E-state index is 3.90. The van der Waals surface area contributed by atoms with Gasteiger partial charge in [-0.2, -0.15) is 0 Å². The molecule has 62 valence electrons. The average molecular weight is 242 g/mol. The highest BCUT2D eigenvalue weighted by Gasteiger charge is 2.38. The first-order valence-electron chi connectivity index (χ1n) is 4.09. The van der Waals surface area contributed by atoms with Crippen LogP contribution in [0.1, 0.15) is 0 Å². The van der Waals surface area contributed by atoms with Crippen molar-refractivity contribution in [3.8, 4) is 0 Å². The van der Waals surface area contributed by atoms with Gasteiger partial charge in [-0.25, -0.2) is 0 Å². The van der Waals surface area contributed by atoms with Crippen molar-refractivity contribution < 1.29 is 0 Å². The van der Waals surface area contributed by atoms with Crippen LogP contribution in [0, 0.1) is 0 Å². The van der Waals surface area contributed by atoms with Crippen molar-refractivity contribution in [3.05, 3.63) is 42.5 Å². The molecular weight excluding hydrogens is 231 g/mol. The Morgan fingerprint density at radius 3 is 2.17 bits per heavy atom. The number of halogens is 1. The summed E-state index contributed by atoms with van der Waals surface area (Å²) in [7, 11) is 0. The monoisotopic (exact) mass is 241 g/mol. The number of hydrogen-bond acceptors (Lipinski definition) is 0. The highest BCUT2D eigenvalue weighted by atomic mass is 79.9. The Balaban J connectivity index is 2.31. The zero-order valence-corrected chi connectivity index (χ0v) is 9.26. The van der Waals surface area contributed by atoms with Crippen LogP contribution in [0.15, 0.2) is 42.5 Å². The normalized spacial score (nSPS) is 19.8. The number of benzene rings is 1. The van der Waals surface area contributed by atoms with E-state index in [1.807, 2.05) is 0 Å². The van der Waals surface area contributed by atoms with E-state index in [9.17, 15) is 0 Å². The molecule has 1 aliphatic heterocycles. The fourth-order valence-electron chi connectivity index (χ4n) is 1.46. The van der Waals surface area contributed by atoms with Gasteiger partial charge in [0.05, 0.1) is 12.3 Å². The van der Waals surface area contributed by atoms with Gasteiger partial charge in [0.25, 0.3) is 0 Å². The Morgan fingerprint density at radius 2 is 1.58 bits per heavy atom. The summed E-state index contributed by atoms with van der Waals surface area (Å²) in [6, 6.07) is 10.8. The van der Waals surface area contributed by atoms with Crippen molar-refractivity contribution in [1.82, 2.24) is 0 Å². The van der Waals surface area contributed by atoms with E-state index in [1.165, 1.54) is 17.6 Å². The van der Waals surface area contributed by atoms with Gasteiger partial charge in [0.2, 0.25) is 0 Å². The Labute approximate surface area is 81.8 Å². The van der Waals surface area contributed by atoms with E-state index >= 15 is 0 Å². The Bertz CT molecular complexity index is 284. The summed E-state index contributed by atoms with van der Waals surface area (Å²) >= 11 is 3.90. The fourth-order valence-corrected chi connectivity index (χ4v) is 5.42. The molecule has 0 aromatic heterocycles. The third-order valence-electron chi connectivity index (χ3n) is 2.18. The van der Waals surface area contributed by atoms with Crippen LogP contribution in [0.4, 0.5) is 0 Å². The molecule has 0 saturated heterocycles. The number of rotatable bonds is 1. The minimum atomic E-state index is -0.971. The van der Waals surface area contributed by atoms with Gasteiger partial charge in [-0.05, 0) is 24.3 Å². The quantitative estimate of drug-likeness (QED) is 0.524. The molecule has 0 saturated carbocycles. The largest absolute Gasteiger partial charge is 0.145 e. The van der Waals surface area contributed by atoms with Gasteiger partial charge in [0, 0.05) is 0 Å². The van der Waals surface area contributed by atoms with Gasteiger partial charge in [-0.1, -0.05) is 18.2 Å². The van der Waals surface area contributed by atoms with Crippen LogP contribution in [0.5, 0.6) is 0 Å². The maximum Gasteiger partial charge on any atom is 0.145 e. The zero-order valence-electron chi connectivity index (χ0n) is 6.78. The molecule has 0 unspecified atom stereocenters. The number of hydrogen-bond donors (Lipinski definition) is 0. The first-order chi connectivity index (χ1) is 5.81. The molecule has 1 aromatic rings. The molecule has 1 aliphatic rings. The maximum absolute atomic E-state index is 3.90. The predicted octanol–water partition coefficient (Wildman–Crippen LogP) is 3.21. The summed E-state index contributed by atoms with van der Waals surface area (Å²) in [5.41, 5.74) is 0. The van der Waals surface area contributed by atoms with E-state index in [0.29, 0.717) is 0 Å². The van der Waals surface area contributed by atoms with E-state index in [4.69, 9.17) is 0 Å². The Hall–Kier alpha value is -0.130. The molecule has 0 radical (unpaired) electrons. The minimum absolute atomic E-state index is 0.971. The van der Waals surface area contributed by atoms with Crippen molar-refractivity contribution in [2.24, 2.45) is 0 Å². The molecule has 0 bridgehead atoms. The predicted molar refractivity (Wildman–Crippen MR) is 60.8 cm³/mol. The van der Waals surface area contributed by atoms with E-state index in [2.05, 4.69) is 58.0 Å². The molecule has 0 amide bonds. The lowest BCUT2D eigenvalue weighted by Crippen LogP contribution is -2.07. The lowest BCUT2D eigenvalue weighted by Gasteiger charge is -2.11. The van der Waals surface area contributed by atoms with Gasteiger partial charge in [-0.15, -0.1) is 0 Å². The van der Waals surface area contributed by atoms with Crippen LogP contribution in [0.2, 0.25) is 0 Å². The first kappa shape index (κ1) is 8.47. The van der Waals surface area contributed by atoms with Crippen molar-refractivity contribution in [2.45, 2.75) is 0 Å². The standard InChI is InChI=1S/C10H11BrP/c11-12(8-4-5-9-12)10-6-2-1-3-7-10/h1-7H,8-9H2/q+1. The van der Waals surface area contributed by atoms with Crippen molar-refractivity contribution >= 4 is 26.8 Å². The van der Waals surface area contributed by atoms with Crippen LogP contribution in [0.25, 0.3) is 0 Å². The molecule has 0 fully saturated rings. The van der Waals surface area contributed by atoms with Gasteiger partial charge in [-0.3, -0.25) is 0 Å². The SMILES string of the molecule is Br[P+]1(c2ccccc2)CC=CC1. The van der Waals surface area contributed by atoms with Gasteiger partial charge >= 0.3 is 0 Å². The van der Waals surface area contributed by atoms with Crippen LogP contribution >= 0.6 is 21.5 Å². The van der Waals surface area contributed by atoms with Crippen molar-refractivity contribution in [1.29, 1.82) is 0 Å². The Morgan fingerprint density at radius 1 is 1.00 bits per heavy atom. The lowest BCUT2D eigenvalue weighted by atomic mass is 10.4. The van der Waals surface area contributed by atoms with Gasteiger partial charge < -0.3 is 0 Å². The molecule has 0 aliphatic carbocycles. The van der Waals surface area contributed by atoms with Crippen LogP contribution in [0.3, 0.4) is 0 Å². The summed E-state index contributed by atoms with van der Waals surface area (Å²) in [6.07, 6.45) is 7.01. The Kier molecular flexibility index (Phi) is 2.34. The molecular formula is C10H11BrP+. The molecule has 0 spiro atoms. The second-order valence-corrected chi connectivity index (χ2v) is 10.1. The van der Waals surface area contributed by atoms with Gasteiger partial charge in [0.15, 0.2) is 0 Å². The molecule has 1 heterocycles. The highest BCUT2D eigenvalue weighted by Crippen LogP contribution is 2.67. The molecule has 1 aromatic carbocycles.